The summed E-state index contributed by atoms with van der Waals surface area (Å²) in [5, 5.41) is 19.4. The first-order chi connectivity index (χ1) is 10.9. The molecule has 3 rings (SSSR count). The summed E-state index contributed by atoms with van der Waals surface area (Å²) in [6.45, 7) is 7.59. The van der Waals surface area contributed by atoms with Crippen LogP contribution in [0, 0.1) is 11.3 Å². The Morgan fingerprint density at radius 2 is 2.29 bits per heavy atom. The molecule has 136 valence electrons. The van der Waals surface area contributed by atoms with Gasteiger partial charge in [0.1, 0.15) is 5.60 Å². The molecule has 2 heterocycles. The molecule has 4 unspecified atom stereocenters. The van der Waals surface area contributed by atoms with Crippen LogP contribution in [0.2, 0.25) is 0 Å². The molecule has 7 heteroatoms. The minimum Gasteiger partial charge on any atom is -0.383 e. The Balaban J connectivity index is 0.00000208. The number of aliphatic hydroxyl groups is 1. The standard InChI is InChI=1S/C17H27N3O2S.HI/c1-16(2)13(11-7-8-22-14(11)16)20-15(18-4)19-10-17(3,21)12-6-5-9-23-12;/h5-6,9,11,13-14,21H,7-8,10H2,1-4H3,(H2,18,19,20);1H. The lowest BCUT2D eigenvalue weighted by Crippen LogP contribution is -2.68. The monoisotopic (exact) mass is 465 g/mol. The van der Waals surface area contributed by atoms with E-state index in [2.05, 4.69) is 29.5 Å². The average Bonchev–Trinajstić information content (AvgIpc) is 3.18. The SMILES string of the molecule is CN=C(NCC(C)(O)c1cccs1)NC1C2CCOC2C1(C)C.I. The lowest BCUT2D eigenvalue weighted by atomic mass is 9.57. The molecule has 3 N–H and O–H groups in total. The molecule has 0 spiro atoms. The van der Waals surface area contributed by atoms with Gasteiger partial charge in [-0.1, -0.05) is 19.9 Å². The Kier molecular flexibility index (Phi) is 6.21. The van der Waals surface area contributed by atoms with Crippen molar-refractivity contribution in [2.75, 3.05) is 20.2 Å². The zero-order valence-corrected chi connectivity index (χ0v) is 17.9. The van der Waals surface area contributed by atoms with Crippen LogP contribution in [-0.4, -0.2) is 43.4 Å². The maximum absolute atomic E-state index is 10.6. The summed E-state index contributed by atoms with van der Waals surface area (Å²) in [5.74, 6) is 1.30. The zero-order chi connectivity index (χ0) is 16.7. The van der Waals surface area contributed by atoms with Crippen molar-refractivity contribution in [2.24, 2.45) is 16.3 Å². The molecule has 1 aromatic heterocycles. The Morgan fingerprint density at radius 3 is 2.92 bits per heavy atom. The van der Waals surface area contributed by atoms with Gasteiger partial charge in [0.05, 0.1) is 12.6 Å². The highest BCUT2D eigenvalue weighted by Gasteiger charge is 2.59. The number of rotatable bonds is 4. The second-order valence-electron chi connectivity index (χ2n) is 7.36. The second kappa shape index (κ2) is 7.47. The van der Waals surface area contributed by atoms with Crippen LogP contribution in [0.1, 0.15) is 32.1 Å². The first kappa shape index (κ1) is 19.9. The summed E-state index contributed by atoms with van der Waals surface area (Å²) in [6, 6.07) is 4.27. The highest BCUT2D eigenvalue weighted by atomic mass is 127. The minimum absolute atomic E-state index is 0. The molecular formula is C17H28IN3O2S. The van der Waals surface area contributed by atoms with Crippen LogP contribution in [-0.2, 0) is 10.3 Å². The number of guanidine groups is 1. The van der Waals surface area contributed by atoms with Gasteiger partial charge >= 0.3 is 0 Å². The summed E-state index contributed by atoms with van der Waals surface area (Å²) in [5.41, 5.74) is -0.797. The quantitative estimate of drug-likeness (QED) is 0.364. The third-order valence-electron chi connectivity index (χ3n) is 5.27. The van der Waals surface area contributed by atoms with E-state index in [1.54, 1.807) is 18.4 Å². The number of ether oxygens (including phenoxy) is 1. The van der Waals surface area contributed by atoms with Crippen LogP contribution >= 0.6 is 35.3 Å². The van der Waals surface area contributed by atoms with Crippen molar-refractivity contribution in [1.29, 1.82) is 0 Å². The van der Waals surface area contributed by atoms with Crippen LogP contribution < -0.4 is 10.6 Å². The lowest BCUT2D eigenvalue weighted by Gasteiger charge is -2.55. The maximum Gasteiger partial charge on any atom is 0.191 e. The van der Waals surface area contributed by atoms with E-state index in [1.807, 2.05) is 24.4 Å². The lowest BCUT2D eigenvalue weighted by molar-refractivity contribution is -0.106. The van der Waals surface area contributed by atoms with E-state index in [0.717, 1.165) is 23.9 Å². The van der Waals surface area contributed by atoms with Gasteiger partial charge in [-0.2, -0.15) is 0 Å². The van der Waals surface area contributed by atoms with Gasteiger partial charge in [0, 0.05) is 35.9 Å². The number of nitrogens with zero attached hydrogens (tertiary/aromatic N) is 1. The van der Waals surface area contributed by atoms with Crippen LogP contribution in [0.3, 0.4) is 0 Å². The number of fused-ring (bicyclic) bond motifs is 1. The first-order valence-corrected chi connectivity index (χ1v) is 9.09. The summed E-state index contributed by atoms with van der Waals surface area (Å²) < 4.78 is 5.84. The van der Waals surface area contributed by atoms with Gasteiger partial charge in [-0.25, -0.2) is 0 Å². The predicted molar refractivity (Wildman–Crippen MR) is 109 cm³/mol. The molecule has 1 saturated carbocycles. The molecule has 2 fully saturated rings. The molecule has 1 aliphatic heterocycles. The fraction of sp³-hybridized carbons (Fsp3) is 0.706. The van der Waals surface area contributed by atoms with E-state index in [9.17, 15) is 5.11 Å². The third kappa shape index (κ3) is 3.59. The smallest absolute Gasteiger partial charge is 0.191 e. The Morgan fingerprint density at radius 1 is 1.54 bits per heavy atom. The fourth-order valence-corrected chi connectivity index (χ4v) is 4.67. The fourth-order valence-electron chi connectivity index (χ4n) is 3.89. The summed E-state index contributed by atoms with van der Waals surface area (Å²) in [4.78, 5) is 5.27. The molecule has 2 aliphatic rings. The Hall–Kier alpha value is -0.380. The Bertz CT molecular complexity index is 574. The number of hydrogen-bond acceptors (Lipinski definition) is 4. The maximum atomic E-state index is 10.6. The number of hydrogen-bond donors (Lipinski definition) is 3. The van der Waals surface area contributed by atoms with Crippen molar-refractivity contribution >= 4 is 41.3 Å². The Labute approximate surface area is 165 Å². The van der Waals surface area contributed by atoms with E-state index in [4.69, 9.17) is 4.74 Å². The van der Waals surface area contributed by atoms with Crippen molar-refractivity contribution in [3.05, 3.63) is 22.4 Å². The van der Waals surface area contributed by atoms with Gasteiger partial charge in [-0.05, 0) is 24.8 Å². The number of halogens is 1. The van der Waals surface area contributed by atoms with E-state index in [1.165, 1.54) is 0 Å². The summed E-state index contributed by atoms with van der Waals surface area (Å²) >= 11 is 1.56. The molecule has 1 saturated heterocycles. The van der Waals surface area contributed by atoms with E-state index >= 15 is 0 Å². The predicted octanol–water partition coefficient (Wildman–Crippen LogP) is 2.55. The normalized spacial score (nSPS) is 30.5. The van der Waals surface area contributed by atoms with Crippen molar-refractivity contribution in [1.82, 2.24) is 10.6 Å². The second-order valence-corrected chi connectivity index (χ2v) is 8.31. The summed E-state index contributed by atoms with van der Waals surface area (Å²) in [7, 11) is 1.77. The van der Waals surface area contributed by atoms with E-state index in [0.29, 0.717) is 24.6 Å². The van der Waals surface area contributed by atoms with Crippen molar-refractivity contribution in [3.63, 3.8) is 0 Å². The third-order valence-corrected chi connectivity index (χ3v) is 6.39. The topological polar surface area (TPSA) is 65.9 Å². The number of thiophene rings is 1. The van der Waals surface area contributed by atoms with E-state index < -0.39 is 5.60 Å². The van der Waals surface area contributed by atoms with Crippen LogP contribution in [0.5, 0.6) is 0 Å². The number of nitrogens with one attached hydrogen (secondary N) is 2. The van der Waals surface area contributed by atoms with Crippen LogP contribution in [0.25, 0.3) is 0 Å². The highest BCUT2D eigenvalue weighted by Crippen LogP contribution is 2.52. The molecule has 0 amide bonds. The molecule has 0 aromatic carbocycles. The molecule has 4 atom stereocenters. The van der Waals surface area contributed by atoms with Crippen molar-refractivity contribution < 1.29 is 9.84 Å². The number of aliphatic imine (C=N–C) groups is 1. The zero-order valence-electron chi connectivity index (χ0n) is 14.7. The molecule has 24 heavy (non-hydrogen) atoms. The largest absolute Gasteiger partial charge is 0.383 e. The molecule has 0 radical (unpaired) electrons. The van der Waals surface area contributed by atoms with Crippen molar-refractivity contribution in [3.8, 4) is 0 Å². The van der Waals surface area contributed by atoms with Gasteiger partial charge in [0.2, 0.25) is 0 Å². The minimum atomic E-state index is -0.903. The van der Waals surface area contributed by atoms with Gasteiger partial charge in [-0.3, -0.25) is 4.99 Å². The van der Waals surface area contributed by atoms with Crippen LogP contribution in [0.4, 0.5) is 0 Å². The molecule has 0 bridgehead atoms. The van der Waals surface area contributed by atoms with Gasteiger partial charge in [0.25, 0.3) is 0 Å². The van der Waals surface area contributed by atoms with Gasteiger partial charge < -0.3 is 20.5 Å². The van der Waals surface area contributed by atoms with Gasteiger partial charge in [0.15, 0.2) is 5.96 Å². The molecule has 5 nitrogen and oxygen atoms in total. The first-order valence-electron chi connectivity index (χ1n) is 8.21. The van der Waals surface area contributed by atoms with E-state index in [-0.39, 0.29) is 29.4 Å². The molecule has 1 aromatic rings. The molecular weight excluding hydrogens is 437 g/mol. The van der Waals surface area contributed by atoms with Crippen LogP contribution in [0.15, 0.2) is 22.5 Å². The summed E-state index contributed by atoms with van der Waals surface area (Å²) in [6.07, 6.45) is 1.46. The highest BCUT2D eigenvalue weighted by molar-refractivity contribution is 14.0. The molecule has 1 aliphatic carbocycles. The van der Waals surface area contributed by atoms with Crippen molar-refractivity contribution in [2.45, 2.75) is 44.9 Å². The van der Waals surface area contributed by atoms with Gasteiger partial charge in [-0.15, -0.1) is 35.3 Å². The average molecular weight is 465 g/mol.